The van der Waals surface area contributed by atoms with Gasteiger partial charge in [-0.05, 0) is 48.9 Å². The molecule has 148 valence electrons. The molecule has 7 nitrogen and oxygen atoms in total. The van der Waals surface area contributed by atoms with E-state index < -0.39 is 0 Å². The lowest BCUT2D eigenvalue weighted by atomic mass is 10.2. The van der Waals surface area contributed by atoms with Crippen molar-refractivity contribution >= 4 is 38.7 Å². The molecule has 0 unspecified atom stereocenters. The molecular weight excluding hydrogens is 390 g/mol. The molecule has 3 aromatic rings. The molecule has 8 heteroatoms. The molecular formula is C21H19N3O4S. The van der Waals surface area contributed by atoms with Gasteiger partial charge in [0.2, 0.25) is 5.91 Å². The van der Waals surface area contributed by atoms with Crippen LogP contribution in [0.25, 0.3) is 16.3 Å². The second kappa shape index (κ2) is 9.57. The molecule has 0 atom stereocenters. The van der Waals surface area contributed by atoms with E-state index in [1.165, 1.54) is 24.5 Å². The second-order valence-corrected chi connectivity index (χ2v) is 6.79. The fourth-order valence-electron chi connectivity index (χ4n) is 2.55. The summed E-state index contributed by atoms with van der Waals surface area (Å²) >= 11 is 1.38. The highest BCUT2D eigenvalue weighted by Crippen LogP contribution is 2.30. The molecule has 0 fully saturated rings. The molecule has 2 aromatic carbocycles. The van der Waals surface area contributed by atoms with Gasteiger partial charge in [-0.25, -0.2) is 4.98 Å². The number of thiazole rings is 1. The first-order valence-electron chi connectivity index (χ1n) is 8.83. The number of nitrogens with zero attached hydrogens (tertiary/aromatic N) is 2. The van der Waals surface area contributed by atoms with Gasteiger partial charge in [-0.1, -0.05) is 17.4 Å². The van der Waals surface area contributed by atoms with Crippen molar-refractivity contribution in [3.63, 3.8) is 0 Å². The second-order valence-electron chi connectivity index (χ2n) is 5.76. The molecule has 0 aliphatic rings. The van der Waals surface area contributed by atoms with Gasteiger partial charge in [0.25, 0.3) is 0 Å². The summed E-state index contributed by atoms with van der Waals surface area (Å²) in [6.07, 6.45) is 3.08. The summed E-state index contributed by atoms with van der Waals surface area (Å²) in [7, 11) is 1.51. The van der Waals surface area contributed by atoms with Gasteiger partial charge in [-0.2, -0.15) is 5.26 Å². The van der Waals surface area contributed by atoms with Crippen LogP contribution < -0.4 is 19.5 Å². The van der Waals surface area contributed by atoms with Crippen molar-refractivity contribution < 1.29 is 19.0 Å². The van der Waals surface area contributed by atoms with Crippen LogP contribution in [0.15, 0.2) is 42.5 Å². The summed E-state index contributed by atoms with van der Waals surface area (Å²) in [5.74, 6) is 1.44. The van der Waals surface area contributed by atoms with Crippen LogP contribution in [0.1, 0.15) is 12.5 Å². The summed E-state index contributed by atoms with van der Waals surface area (Å²) in [6.45, 7) is 2.45. The Hall–Kier alpha value is -3.57. The zero-order chi connectivity index (χ0) is 20.6. The van der Waals surface area contributed by atoms with Gasteiger partial charge >= 0.3 is 0 Å². The van der Waals surface area contributed by atoms with E-state index in [4.69, 9.17) is 19.5 Å². The Morgan fingerprint density at radius 2 is 2.10 bits per heavy atom. The van der Waals surface area contributed by atoms with Gasteiger partial charge in [0.15, 0.2) is 23.2 Å². The van der Waals surface area contributed by atoms with Crippen molar-refractivity contribution in [2.75, 3.05) is 25.6 Å². The summed E-state index contributed by atoms with van der Waals surface area (Å²) in [5, 5.41) is 11.9. The number of carbonyl (C=O) groups excluding carboxylic acids is 1. The molecule has 0 saturated carbocycles. The number of aromatic nitrogens is 1. The van der Waals surface area contributed by atoms with E-state index in [2.05, 4.69) is 10.3 Å². The number of anilines is 1. The Morgan fingerprint density at radius 3 is 2.86 bits per heavy atom. The highest BCUT2D eigenvalue weighted by atomic mass is 32.1. The summed E-state index contributed by atoms with van der Waals surface area (Å²) in [4.78, 5) is 16.7. The maximum absolute atomic E-state index is 12.2. The average molecular weight is 409 g/mol. The third-order valence-electron chi connectivity index (χ3n) is 3.81. The van der Waals surface area contributed by atoms with Gasteiger partial charge in [-0.15, -0.1) is 0 Å². The maximum atomic E-state index is 12.2. The lowest BCUT2D eigenvalue weighted by Crippen LogP contribution is -2.07. The van der Waals surface area contributed by atoms with E-state index in [-0.39, 0.29) is 12.5 Å². The fraction of sp³-hybridized carbons (Fsp3) is 0.190. The summed E-state index contributed by atoms with van der Waals surface area (Å²) < 4.78 is 17.0. The predicted molar refractivity (Wildman–Crippen MR) is 113 cm³/mol. The zero-order valence-electron chi connectivity index (χ0n) is 16.0. The van der Waals surface area contributed by atoms with E-state index in [0.29, 0.717) is 23.2 Å². The maximum Gasteiger partial charge on any atom is 0.250 e. The number of rotatable bonds is 8. The topological polar surface area (TPSA) is 93.5 Å². The predicted octanol–water partition coefficient (Wildman–Crippen LogP) is 4.26. The minimum absolute atomic E-state index is 0.0673. The molecule has 0 bridgehead atoms. The van der Waals surface area contributed by atoms with Crippen LogP contribution in [0.5, 0.6) is 17.2 Å². The monoisotopic (exact) mass is 409 g/mol. The molecule has 0 spiro atoms. The van der Waals surface area contributed by atoms with Crippen LogP contribution in [0.3, 0.4) is 0 Å². The van der Waals surface area contributed by atoms with Crippen LogP contribution in [-0.2, 0) is 4.79 Å². The minimum Gasteiger partial charge on any atom is -0.494 e. The van der Waals surface area contributed by atoms with Crippen LogP contribution >= 0.6 is 11.3 Å². The minimum atomic E-state index is -0.294. The standard InChI is InChI=1S/C21H19N3O4S/c1-3-27-15-6-7-16-19(13-15)29-21(23-16)24-20(25)9-5-14-4-8-17(28-11-10-22)18(12-14)26-2/h4-9,12-13H,3,11H2,1-2H3,(H,23,24,25)/b9-5+. The number of ether oxygens (including phenoxy) is 3. The van der Waals surface area contributed by atoms with Gasteiger partial charge in [0, 0.05) is 6.08 Å². The Balaban J connectivity index is 1.68. The number of fused-ring (bicyclic) bond motifs is 1. The fourth-order valence-corrected chi connectivity index (χ4v) is 3.45. The molecule has 1 aromatic heterocycles. The Kier molecular flexibility index (Phi) is 6.66. The number of nitriles is 1. The van der Waals surface area contributed by atoms with Gasteiger partial charge < -0.3 is 14.2 Å². The summed E-state index contributed by atoms with van der Waals surface area (Å²) in [6, 6.07) is 12.7. The van der Waals surface area contributed by atoms with Gasteiger partial charge in [-0.3, -0.25) is 10.1 Å². The van der Waals surface area contributed by atoms with Gasteiger partial charge in [0.05, 0.1) is 23.9 Å². The largest absolute Gasteiger partial charge is 0.494 e. The molecule has 0 aliphatic carbocycles. The first kappa shape index (κ1) is 20.2. The van der Waals surface area contributed by atoms with Crippen LogP contribution in [0.4, 0.5) is 5.13 Å². The highest BCUT2D eigenvalue weighted by Gasteiger charge is 2.08. The molecule has 1 amide bonds. The molecule has 1 heterocycles. The normalized spacial score (nSPS) is 10.7. The SMILES string of the molecule is CCOc1ccc2nc(NC(=O)/C=C/c3ccc(OCC#N)c(OC)c3)sc2c1. The number of amides is 1. The average Bonchev–Trinajstić information content (AvgIpc) is 3.12. The Morgan fingerprint density at radius 1 is 1.24 bits per heavy atom. The van der Waals surface area contributed by atoms with Crippen molar-refractivity contribution in [3.8, 4) is 23.3 Å². The third kappa shape index (κ3) is 5.24. The first-order valence-corrected chi connectivity index (χ1v) is 9.65. The quantitative estimate of drug-likeness (QED) is 0.559. The molecule has 3 rings (SSSR count). The number of carbonyl (C=O) groups is 1. The molecule has 29 heavy (non-hydrogen) atoms. The van der Waals surface area contributed by atoms with Crippen molar-refractivity contribution in [1.29, 1.82) is 5.26 Å². The van der Waals surface area contributed by atoms with E-state index in [9.17, 15) is 4.79 Å². The van der Waals surface area contributed by atoms with Crippen LogP contribution in [0.2, 0.25) is 0 Å². The van der Waals surface area contributed by atoms with Crippen LogP contribution in [0, 0.1) is 11.3 Å². The number of methoxy groups -OCH3 is 1. The number of nitrogens with one attached hydrogen (secondary N) is 1. The third-order valence-corrected chi connectivity index (χ3v) is 4.74. The lowest BCUT2D eigenvalue weighted by Gasteiger charge is -2.08. The lowest BCUT2D eigenvalue weighted by molar-refractivity contribution is -0.111. The molecule has 0 saturated heterocycles. The Labute approximate surface area is 172 Å². The van der Waals surface area contributed by atoms with Gasteiger partial charge in [0.1, 0.15) is 11.8 Å². The van der Waals surface area contributed by atoms with Crippen molar-refractivity contribution in [2.24, 2.45) is 0 Å². The number of hydrogen-bond donors (Lipinski definition) is 1. The summed E-state index contributed by atoms with van der Waals surface area (Å²) in [5.41, 5.74) is 1.56. The van der Waals surface area contributed by atoms with Crippen molar-refractivity contribution in [1.82, 2.24) is 4.98 Å². The Bertz CT molecular complexity index is 1090. The molecule has 1 N–H and O–H groups in total. The number of hydrogen-bond acceptors (Lipinski definition) is 7. The van der Waals surface area contributed by atoms with Crippen molar-refractivity contribution in [3.05, 3.63) is 48.0 Å². The molecule has 0 radical (unpaired) electrons. The van der Waals surface area contributed by atoms with E-state index in [1.54, 1.807) is 24.3 Å². The highest BCUT2D eigenvalue weighted by molar-refractivity contribution is 7.22. The van der Waals surface area contributed by atoms with E-state index in [1.807, 2.05) is 31.2 Å². The van der Waals surface area contributed by atoms with E-state index in [0.717, 1.165) is 21.5 Å². The number of benzene rings is 2. The van der Waals surface area contributed by atoms with Crippen molar-refractivity contribution in [2.45, 2.75) is 6.92 Å². The van der Waals surface area contributed by atoms with E-state index >= 15 is 0 Å². The zero-order valence-corrected chi connectivity index (χ0v) is 16.8. The molecule has 0 aliphatic heterocycles. The first-order chi connectivity index (χ1) is 14.1. The van der Waals surface area contributed by atoms with Crippen LogP contribution in [-0.4, -0.2) is 31.2 Å². The smallest absolute Gasteiger partial charge is 0.250 e.